The van der Waals surface area contributed by atoms with Crippen molar-refractivity contribution in [3.63, 3.8) is 0 Å². The van der Waals surface area contributed by atoms with Crippen LogP contribution in [0.4, 0.5) is 0 Å². The fraction of sp³-hybridized carbons (Fsp3) is 0.917. The first-order chi connectivity index (χ1) is 7.63. The topological polar surface area (TPSA) is 75.3 Å². The second-order valence-electron chi connectivity index (χ2n) is 4.99. The summed E-state index contributed by atoms with van der Waals surface area (Å²) in [6.45, 7) is 2.92. The van der Waals surface area contributed by atoms with Gasteiger partial charge in [-0.15, -0.1) is 0 Å². The van der Waals surface area contributed by atoms with Crippen LogP contribution in [0.25, 0.3) is 0 Å². The predicted octanol–water partition coefficient (Wildman–Crippen LogP) is 0.639. The molecule has 0 aromatic carbocycles. The average Bonchev–Trinajstić information content (AvgIpc) is 3.07. The molecule has 0 aliphatic heterocycles. The molecular weight excluding hydrogens is 204 g/mol. The third-order valence-electron chi connectivity index (χ3n) is 3.16. The predicted molar refractivity (Wildman–Crippen MR) is 63.8 cm³/mol. The van der Waals surface area contributed by atoms with Crippen LogP contribution in [0.2, 0.25) is 0 Å². The summed E-state index contributed by atoms with van der Waals surface area (Å²) < 4.78 is 0. The maximum atomic E-state index is 11.5. The molecule has 0 heterocycles. The van der Waals surface area contributed by atoms with Crippen LogP contribution < -0.4 is 11.1 Å². The average molecular weight is 228 g/mol. The van der Waals surface area contributed by atoms with Crippen LogP contribution in [0.3, 0.4) is 0 Å². The number of amides is 1. The van der Waals surface area contributed by atoms with Gasteiger partial charge in [0, 0.05) is 25.6 Å². The van der Waals surface area contributed by atoms with Crippen molar-refractivity contribution < 1.29 is 9.90 Å². The highest BCUT2D eigenvalue weighted by atomic mass is 16.3. The molecule has 0 aromatic heterocycles. The molecule has 4 N–H and O–H groups in total. The monoisotopic (exact) mass is 228 g/mol. The van der Waals surface area contributed by atoms with E-state index in [0.717, 1.165) is 12.8 Å². The van der Waals surface area contributed by atoms with Gasteiger partial charge < -0.3 is 16.2 Å². The molecule has 2 atom stereocenters. The zero-order valence-electron chi connectivity index (χ0n) is 10.1. The number of nitrogens with two attached hydrogens (primary N) is 1. The van der Waals surface area contributed by atoms with Crippen molar-refractivity contribution >= 4 is 5.91 Å². The van der Waals surface area contributed by atoms with Crippen molar-refractivity contribution in [1.82, 2.24) is 5.32 Å². The Labute approximate surface area is 97.6 Å². The van der Waals surface area contributed by atoms with E-state index < -0.39 is 0 Å². The molecule has 16 heavy (non-hydrogen) atoms. The Bertz CT molecular complexity index is 217. The van der Waals surface area contributed by atoms with Crippen LogP contribution in [-0.4, -0.2) is 30.2 Å². The molecule has 1 amide bonds. The molecule has 1 aliphatic carbocycles. The lowest BCUT2D eigenvalue weighted by molar-refractivity contribution is -0.121. The Morgan fingerprint density at radius 1 is 1.56 bits per heavy atom. The second-order valence-corrected chi connectivity index (χ2v) is 4.99. The summed E-state index contributed by atoms with van der Waals surface area (Å²) in [6.07, 6.45) is 4.70. The second kappa shape index (κ2) is 6.86. The summed E-state index contributed by atoms with van der Waals surface area (Å²) in [4.78, 5) is 11.5. The highest BCUT2D eigenvalue weighted by Crippen LogP contribution is 2.32. The summed E-state index contributed by atoms with van der Waals surface area (Å²) >= 11 is 0. The van der Waals surface area contributed by atoms with Crippen LogP contribution in [-0.2, 0) is 4.79 Å². The Kier molecular flexibility index (Phi) is 5.77. The minimum atomic E-state index is 0.0522. The van der Waals surface area contributed by atoms with Crippen LogP contribution in [0, 0.1) is 11.8 Å². The number of rotatable bonds is 8. The van der Waals surface area contributed by atoms with Gasteiger partial charge >= 0.3 is 0 Å². The first-order valence-electron chi connectivity index (χ1n) is 6.26. The minimum Gasteiger partial charge on any atom is -0.396 e. The quantitative estimate of drug-likeness (QED) is 0.534. The molecule has 1 rings (SSSR count). The fourth-order valence-corrected chi connectivity index (χ4v) is 1.75. The molecule has 1 aliphatic rings. The fourth-order valence-electron chi connectivity index (χ4n) is 1.75. The molecule has 1 saturated carbocycles. The minimum absolute atomic E-state index is 0.0522. The summed E-state index contributed by atoms with van der Waals surface area (Å²) in [5.74, 6) is 0.974. The summed E-state index contributed by atoms with van der Waals surface area (Å²) in [5, 5.41) is 11.7. The number of hydrogen-bond donors (Lipinski definition) is 3. The molecule has 0 radical (unpaired) electrons. The first kappa shape index (κ1) is 13.5. The number of carbonyl (C=O) groups is 1. The summed E-state index contributed by atoms with van der Waals surface area (Å²) in [6, 6.07) is 0.0522. The van der Waals surface area contributed by atoms with E-state index in [1.54, 1.807) is 0 Å². The number of hydrogen-bond acceptors (Lipinski definition) is 3. The molecule has 0 bridgehead atoms. The molecule has 0 aromatic rings. The van der Waals surface area contributed by atoms with Crippen LogP contribution >= 0.6 is 0 Å². The van der Waals surface area contributed by atoms with Crippen molar-refractivity contribution in [2.45, 2.75) is 45.1 Å². The molecule has 0 saturated heterocycles. The van der Waals surface area contributed by atoms with E-state index in [4.69, 9.17) is 10.8 Å². The zero-order valence-corrected chi connectivity index (χ0v) is 10.1. The van der Waals surface area contributed by atoms with E-state index in [-0.39, 0.29) is 18.6 Å². The van der Waals surface area contributed by atoms with Crippen molar-refractivity contribution in [2.75, 3.05) is 13.2 Å². The normalized spacial score (nSPS) is 19.2. The van der Waals surface area contributed by atoms with Gasteiger partial charge in [-0.2, -0.15) is 0 Å². The van der Waals surface area contributed by atoms with Crippen LogP contribution in [0.15, 0.2) is 0 Å². The smallest absolute Gasteiger partial charge is 0.221 e. The Morgan fingerprint density at radius 3 is 2.81 bits per heavy atom. The number of nitrogens with one attached hydrogen (secondary N) is 1. The van der Waals surface area contributed by atoms with Crippen molar-refractivity contribution in [2.24, 2.45) is 17.6 Å². The van der Waals surface area contributed by atoms with E-state index >= 15 is 0 Å². The van der Waals surface area contributed by atoms with Crippen molar-refractivity contribution in [3.05, 3.63) is 0 Å². The summed E-state index contributed by atoms with van der Waals surface area (Å²) in [5.41, 5.74) is 5.86. The highest BCUT2D eigenvalue weighted by Gasteiger charge is 2.29. The summed E-state index contributed by atoms with van der Waals surface area (Å²) in [7, 11) is 0. The van der Waals surface area contributed by atoms with E-state index in [1.165, 1.54) is 12.8 Å². The van der Waals surface area contributed by atoms with E-state index in [9.17, 15) is 4.79 Å². The Hall–Kier alpha value is -0.610. The lowest BCUT2D eigenvalue weighted by Gasteiger charge is -2.11. The van der Waals surface area contributed by atoms with E-state index in [1.807, 2.05) is 6.92 Å². The van der Waals surface area contributed by atoms with Gasteiger partial charge in [0.2, 0.25) is 5.91 Å². The van der Waals surface area contributed by atoms with E-state index in [2.05, 4.69) is 5.32 Å². The van der Waals surface area contributed by atoms with Gasteiger partial charge in [-0.25, -0.2) is 0 Å². The van der Waals surface area contributed by atoms with Crippen molar-refractivity contribution in [3.8, 4) is 0 Å². The maximum Gasteiger partial charge on any atom is 0.221 e. The third kappa shape index (κ3) is 5.47. The van der Waals surface area contributed by atoms with Gasteiger partial charge in [0.25, 0.3) is 0 Å². The molecule has 94 valence electrons. The standard InChI is InChI=1S/C12H24N2O2/c1-9(8-15)3-2-6-14-12(16)7-11(13)10-4-5-10/h9-11,15H,2-8,13H2,1H3,(H,14,16). The van der Waals surface area contributed by atoms with Gasteiger partial charge in [-0.3, -0.25) is 4.79 Å². The zero-order chi connectivity index (χ0) is 12.0. The molecule has 1 fully saturated rings. The molecule has 4 nitrogen and oxygen atoms in total. The van der Waals surface area contributed by atoms with Crippen molar-refractivity contribution in [1.29, 1.82) is 0 Å². The SMILES string of the molecule is CC(CO)CCCNC(=O)CC(N)C1CC1. The largest absolute Gasteiger partial charge is 0.396 e. The molecule has 0 spiro atoms. The van der Waals surface area contributed by atoms with Gasteiger partial charge in [-0.05, 0) is 37.5 Å². The lowest BCUT2D eigenvalue weighted by Crippen LogP contribution is -2.33. The van der Waals surface area contributed by atoms with Gasteiger partial charge in [0.15, 0.2) is 0 Å². The maximum absolute atomic E-state index is 11.5. The van der Waals surface area contributed by atoms with Gasteiger partial charge in [0.05, 0.1) is 0 Å². The van der Waals surface area contributed by atoms with Gasteiger partial charge in [-0.1, -0.05) is 6.92 Å². The Balaban J connectivity index is 1.97. The molecule has 2 unspecified atom stereocenters. The first-order valence-corrected chi connectivity index (χ1v) is 6.26. The molecule has 4 heteroatoms. The Morgan fingerprint density at radius 2 is 2.25 bits per heavy atom. The third-order valence-corrected chi connectivity index (χ3v) is 3.16. The number of aliphatic hydroxyl groups is 1. The lowest BCUT2D eigenvalue weighted by atomic mass is 10.1. The highest BCUT2D eigenvalue weighted by molar-refractivity contribution is 5.76. The van der Waals surface area contributed by atoms with E-state index in [0.29, 0.717) is 24.8 Å². The number of carbonyl (C=O) groups excluding carboxylic acids is 1. The number of aliphatic hydroxyl groups excluding tert-OH is 1. The van der Waals surface area contributed by atoms with Gasteiger partial charge in [0.1, 0.15) is 0 Å². The van der Waals surface area contributed by atoms with Crippen LogP contribution in [0.1, 0.15) is 39.0 Å². The van der Waals surface area contributed by atoms with Crippen LogP contribution in [0.5, 0.6) is 0 Å². The molecular formula is C12H24N2O2.